The van der Waals surface area contributed by atoms with Crippen molar-refractivity contribution < 1.29 is 14.6 Å². The van der Waals surface area contributed by atoms with E-state index >= 15 is 0 Å². The van der Waals surface area contributed by atoms with Crippen molar-refractivity contribution in [2.45, 2.75) is 10.3 Å². The first-order chi connectivity index (χ1) is 8.22. The van der Waals surface area contributed by atoms with E-state index in [4.69, 9.17) is 9.84 Å². The molecule has 2 N–H and O–H groups in total. The molecule has 2 aromatic heterocycles. The smallest absolute Gasteiger partial charge is 0.319 e. The van der Waals surface area contributed by atoms with Gasteiger partial charge < -0.3 is 14.8 Å². The summed E-state index contributed by atoms with van der Waals surface area (Å²) in [6, 6.07) is 0. The van der Waals surface area contributed by atoms with Crippen LogP contribution in [0.2, 0.25) is 0 Å². The van der Waals surface area contributed by atoms with E-state index in [2.05, 4.69) is 19.9 Å². The molecule has 0 aliphatic rings. The molecule has 0 fully saturated rings. The third-order valence-electron chi connectivity index (χ3n) is 2.04. The van der Waals surface area contributed by atoms with Crippen molar-refractivity contribution in [1.82, 2.24) is 19.9 Å². The van der Waals surface area contributed by atoms with Crippen LogP contribution >= 0.6 is 11.8 Å². The molecular weight excluding hydrogens is 244 g/mol. The number of carbonyl (C=O) groups is 1. The van der Waals surface area contributed by atoms with Crippen molar-refractivity contribution in [3.63, 3.8) is 0 Å². The van der Waals surface area contributed by atoms with Crippen LogP contribution < -0.4 is 0 Å². The summed E-state index contributed by atoms with van der Waals surface area (Å²) in [6.07, 6.45) is 2.85. The number of nitrogens with one attached hydrogen (secondary N) is 1. The highest BCUT2D eigenvalue weighted by Gasteiger charge is 2.21. The highest BCUT2D eigenvalue weighted by atomic mass is 32.2. The van der Waals surface area contributed by atoms with Crippen LogP contribution in [0, 0.1) is 0 Å². The van der Waals surface area contributed by atoms with E-state index in [1.165, 1.54) is 19.8 Å². The number of hydrogen-bond donors (Lipinski definition) is 2. The molecule has 0 aromatic carbocycles. The quantitative estimate of drug-likeness (QED) is 0.593. The van der Waals surface area contributed by atoms with E-state index < -0.39 is 11.2 Å². The van der Waals surface area contributed by atoms with Crippen LogP contribution in [0.3, 0.4) is 0 Å². The SMILES string of the molecule is COCC(Sc1ncnc2nc[nH]c12)C(=O)O. The molecule has 17 heavy (non-hydrogen) atoms. The van der Waals surface area contributed by atoms with Crippen LogP contribution in [-0.2, 0) is 9.53 Å². The molecule has 0 bridgehead atoms. The number of nitrogens with zero attached hydrogens (tertiary/aromatic N) is 3. The number of aliphatic carboxylic acids is 1. The number of fused-ring (bicyclic) bond motifs is 1. The average molecular weight is 254 g/mol. The van der Waals surface area contributed by atoms with E-state index in [0.717, 1.165) is 11.8 Å². The van der Waals surface area contributed by atoms with E-state index in [1.807, 2.05) is 0 Å². The molecular formula is C9H10N4O3S. The molecule has 2 aromatic rings. The zero-order valence-electron chi connectivity index (χ0n) is 8.95. The summed E-state index contributed by atoms with van der Waals surface area (Å²) in [7, 11) is 1.46. The van der Waals surface area contributed by atoms with Gasteiger partial charge in [-0.25, -0.2) is 15.0 Å². The number of hydrogen-bond acceptors (Lipinski definition) is 6. The van der Waals surface area contributed by atoms with Gasteiger partial charge in [-0.05, 0) is 0 Å². The zero-order chi connectivity index (χ0) is 12.3. The van der Waals surface area contributed by atoms with Crippen molar-refractivity contribution in [3.8, 4) is 0 Å². The lowest BCUT2D eigenvalue weighted by Crippen LogP contribution is -2.21. The summed E-state index contributed by atoms with van der Waals surface area (Å²) in [5.74, 6) is -0.942. The second-order valence-corrected chi connectivity index (χ2v) is 4.37. The number of methoxy groups -OCH3 is 1. The van der Waals surface area contributed by atoms with Crippen molar-refractivity contribution in [1.29, 1.82) is 0 Å². The fourth-order valence-corrected chi connectivity index (χ4v) is 2.22. The summed E-state index contributed by atoms with van der Waals surface area (Å²) in [4.78, 5) is 25.9. The van der Waals surface area contributed by atoms with Gasteiger partial charge in [0.15, 0.2) is 5.65 Å². The van der Waals surface area contributed by atoms with Gasteiger partial charge in [0.2, 0.25) is 0 Å². The number of thioether (sulfide) groups is 1. The first-order valence-corrected chi connectivity index (χ1v) is 5.63. The van der Waals surface area contributed by atoms with Crippen LogP contribution in [0.4, 0.5) is 0 Å². The minimum Gasteiger partial charge on any atom is -0.480 e. The highest BCUT2D eigenvalue weighted by Crippen LogP contribution is 2.26. The Morgan fingerprint density at radius 2 is 2.41 bits per heavy atom. The van der Waals surface area contributed by atoms with Crippen LogP contribution in [-0.4, -0.2) is 50.0 Å². The van der Waals surface area contributed by atoms with Gasteiger partial charge in [0.25, 0.3) is 0 Å². The van der Waals surface area contributed by atoms with Gasteiger partial charge >= 0.3 is 5.97 Å². The molecule has 2 heterocycles. The molecule has 90 valence electrons. The number of ether oxygens (including phenoxy) is 1. The Bertz CT molecular complexity index is 530. The Kier molecular flexibility index (Phi) is 3.55. The molecule has 7 nitrogen and oxygen atoms in total. The lowest BCUT2D eigenvalue weighted by Gasteiger charge is -2.09. The van der Waals surface area contributed by atoms with Crippen LogP contribution in [0.25, 0.3) is 11.2 Å². The van der Waals surface area contributed by atoms with E-state index in [-0.39, 0.29) is 6.61 Å². The molecule has 0 aliphatic carbocycles. The Labute approximate surface area is 101 Å². The molecule has 0 saturated heterocycles. The standard InChI is InChI=1S/C9H10N4O3S/c1-16-2-5(9(14)15)17-8-6-7(11-3-10-6)12-4-13-8/h3-5H,2H2,1H3,(H,14,15)(H,10,11,12,13). The number of aromatic amines is 1. The molecule has 8 heteroatoms. The molecule has 2 rings (SSSR count). The van der Waals surface area contributed by atoms with Crippen molar-refractivity contribution >= 4 is 28.9 Å². The number of H-pyrrole nitrogens is 1. The monoisotopic (exact) mass is 254 g/mol. The van der Waals surface area contributed by atoms with Crippen molar-refractivity contribution in [3.05, 3.63) is 12.7 Å². The maximum absolute atomic E-state index is 11.0. The average Bonchev–Trinajstić information content (AvgIpc) is 2.77. The summed E-state index contributed by atoms with van der Waals surface area (Å²) in [5, 5.41) is 8.86. The maximum Gasteiger partial charge on any atom is 0.319 e. The summed E-state index contributed by atoms with van der Waals surface area (Å²) >= 11 is 1.11. The van der Waals surface area contributed by atoms with Gasteiger partial charge in [0.05, 0.1) is 12.9 Å². The summed E-state index contributed by atoms with van der Waals surface area (Å²) in [5.41, 5.74) is 1.16. The summed E-state index contributed by atoms with van der Waals surface area (Å²) in [6.45, 7) is 0.111. The Morgan fingerprint density at radius 3 is 3.12 bits per heavy atom. The lowest BCUT2D eigenvalue weighted by molar-refractivity contribution is -0.137. The van der Waals surface area contributed by atoms with Gasteiger partial charge in [-0.2, -0.15) is 0 Å². The van der Waals surface area contributed by atoms with Gasteiger partial charge in [0.1, 0.15) is 22.1 Å². The molecule has 1 unspecified atom stereocenters. The lowest BCUT2D eigenvalue weighted by atomic mass is 10.4. The van der Waals surface area contributed by atoms with E-state index in [1.54, 1.807) is 0 Å². The van der Waals surface area contributed by atoms with Crippen molar-refractivity contribution in [2.24, 2.45) is 0 Å². The fourth-order valence-electron chi connectivity index (χ4n) is 1.27. The number of aromatic nitrogens is 4. The van der Waals surface area contributed by atoms with Crippen molar-refractivity contribution in [2.75, 3.05) is 13.7 Å². The van der Waals surface area contributed by atoms with E-state index in [0.29, 0.717) is 16.2 Å². The predicted octanol–water partition coefficient (Wildman–Crippen LogP) is 0.545. The maximum atomic E-state index is 11.0. The Balaban J connectivity index is 2.27. The molecule has 0 aliphatic heterocycles. The molecule has 0 radical (unpaired) electrons. The van der Waals surface area contributed by atoms with Gasteiger partial charge in [0, 0.05) is 7.11 Å². The van der Waals surface area contributed by atoms with Gasteiger partial charge in [-0.3, -0.25) is 4.79 Å². The predicted molar refractivity (Wildman–Crippen MR) is 60.8 cm³/mol. The number of carboxylic acids is 1. The topological polar surface area (TPSA) is 101 Å². The first kappa shape index (κ1) is 11.8. The second kappa shape index (κ2) is 5.11. The van der Waals surface area contributed by atoms with Gasteiger partial charge in [-0.1, -0.05) is 11.8 Å². The van der Waals surface area contributed by atoms with E-state index in [9.17, 15) is 4.79 Å². The molecule has 0 spiro atoms. The molecule has 0 amide bonds. The Morgan fingerprint density at radius 1 is 1.59 bits per heavy atom. The minimum absolute atomic E-state index is 0.111. The third kappa shape index (κ3) is 2.53. The zero-order valence-corrected chi connectivity index (χ0v) is 9.77. The number of carboxylic acid groups (broad SMARTS) is 1. The second-order valence-electron chi connectivity index (χ2n) is 3.18. The van der Waals surface area contributed by atoms with Crippen LogP contribution in [0.15, 0.2) is 17.7 Å². The number of rotatable bonds is 5. The Hall–Kier alpha value is -1.67. The largest absolute Gasteiger partial charge is 0.480 e. The third-order valence-corrected chi connectivity index (χ3v) is 3.19. The van der Waals surface area contributed by atoms with Gasteiger partial charge in [-0.15, -0.1) is 0 Å². The molecule has 1 atom stereocenters. The summed E-state index contributed by atoms with van der Waals surface area (Å²) < 4.78 is 4.86. The fraction of sp³-hybridized carbons (Fsp3) is 0.333. The first-order valence-electron chi connectivity index (χ1n) is 4.75. The number of imidazole rings is 1. The minimum atomic E-state index is -0.942. The van der Waals surface area contributed by atoms with Crippen LogP contribution in [0.1, 0.15) is 0 Å². The normalized spacial score (nSPS) is 12.8. The van der Waals surface area contributed by atoms with Crippen LogP contribution in [0.5, 0.6) is 0 Å². The highest BCUT2D eigenvalue weighted by molar-refractivity contribution is 8.00. The molecule has 0 saturated carbocycles.